The first kappa shape index (κ1) is 24.2. The molecule has 6 nitrogen and oxygen atoms in total. The van der Waals surface area contributed by atoms with E-state index in [2.05, 4.69) is 5.32 Å². The van der Waals surface area contributed by atoms with Crippen molar-refractivity contribution in [1.29, 1.82) is 0 Å². The minimum absolute atomic E-state index is 0.0302. The number of hydrogen-bond acceptors (Lipinski definition) is 5. The van der Waals surface area contributed by atoms with Gasteiger partial charge in [0.05, 0.1) is 25.7 Å². The minimum atomic E-state index is -0.654. The van der Waals surface area contributed by atoms with E-state index in [1.165, 1.54) is 0 Å². The molecule has 0 spiro atoms. The molecule has 0 fully saturated rings. The SMILES string of the molecule is CCOC(=O)C[C@@H](NC(=O)OC(C)(C)C)c1cc(Cl)cc(C(C)(C)COC)c1. The summed E-state index contributed by atoms with van der Waals surface area (Å²) >= 11 is 6.34. The van der Waals surface area contributed by atoms with Crippen LogP contribution in [0.2, 0.25) is 5.02 Å². The van der Waals surface area contributed by atoms with Crippen molar-refractivity contribution in [1.82, 2.24) is 5.32 Å². The van der Waals surface area contributed by atoms with Gasteiger partial charge in [0.2, 0.25) is 0 Å². The summed E-state index contributed by atoms with van der Waals surface area (Å²) in [5, 5.41) is 3.28. The lowest BCUT2D eigenvalue weighted by Gasteiger charge is -2.27. The molecule has 0 aliphatic rings. The maximum absolute atomic E-state index is 12.3. The van der Waals surface area contributed by atoms with E-state index in [1.807, 2.05) is 26.0 Å². The third kappa shape index (κ3) is 8.07. The van der Waals surface area contributed by atoms with E-state index < -0.39 is 23.7 Å². The van der Waals surface area contributed by atoms with E-state index in [9.17, 15) is 9.59 Å². The van der Waals surface area contributed by atoms with Gasteiger partial charge in [-0.15, -0.1) is 0 Å². The lowest BCUT2D eigenvalue weighted by Crippen LogP contribution is -2.36. The zero-order valence-corrected chi connectivity index (χ0v) is 18.6. The van der Waals surface area contributed by atoms with Crippen LogP contribution in [-0.4, -0.2) is 38.0 Å². The Kier molecular flexibility index (Phi) is 8.76. The fourth-order valence-electron chi connectivity index (χ4n) is 2.74. The second-order valence-corrected chi connectivity index (χ2v) is 8.73. The fraction of sp³-hybridized carbons (Fsp3) is 0.619. The molecule has 0 saturated heterocycles. The maximum atomic E-state index is 12.3. The summed E-state index contributed by atoms with van der Waals surface area (Å²) in [6.45, 7) is 11.9. The van der Waals surface area contributed by atoms with Gasteiger partial charge in [0, 0.05) is 17.5 Å². The van der Waals surface area contributed by atoms with Crippen LogP contribution in [0.1, 0.15) is 65.1 Å². The van der Waals surface area contributed by atoms with E-state index in [0.717, 1.165) is 5.56 Å². The van der Waals surface area contributed by atoms with E-state index >= 15 is 0 Å². The standard InChI is InChI=1S/C21H32ClNO5/c1-8-27-18(24)12-17(23-19(25)28-20(2,3)4)14-9-15(11-16(22)10-14)21(5,6)13-26-7/h9-11,17H,8,12-13H2,1-7H3,(H,23,25)/t17-/m1/s1. The molecule has 0 heterocycles. The molecule has 1 N–H and O–H groups in total. The van der Waals surface area contributed by atoms with E-state index in [1.54, 1.807) is 40.9 Å². The molecule has 158 valence electrons. The van der Waals surface area contributed by atoms with Gasteiger partial charge in [-0.1, -0.05) is 31.5 Å². The Bertz CT molecular complexity index is 682. The van der Waals surface area contributed by atoms with Crippen LogP contribution in [0.4, 0.5) is 4.79 Å². The zero-order valence-electron chi connectivity index (χ0n) is 17.8. The van der Waals surface area contributed by atoms with Crippen molar-refractivity contribution in [3.05, 3.63) is 34.3 Å². The summed E-state index contributed by atoms with van der Waals surface area (Å²) in [5.41, 5.74) is 0.690. The van der Waals surface area contributed by atoms with Gasteiger partial charge in [-0.25, -0.2) is 4.79 Å². The second kappa shape index (κ2) is 10.1. The molecule has 0 radical (unpaired) electrons. The number of ether oxygens (including phenoxy) is 3. The van der Waals surface area contributed by atoms with Crippen LogP contribution >= 0.6 is 11.6 Å². The summed E-state index contributed by atoms with van der Waals surface area (Å²) in [7, 11) is 1.64. The predicted octanol–water partition coefficient (Wildman–Crippen LogP) is 4.78. The molecule has 1 aromatic carbocycles. The van der Waals surface area contributed by atoms with Crippen molar-refractivity contribution in [3.63, 3.8) is 0 Å². The maximum Gasteiger partial charge on any atom is 0.408 e. The molecule has 0 aliphatic heterocycles. The van der Waals surface area contributed by atoms with Gasteiger partial charge in [0.1, 0.15) is 5.60 Å². The van der Waals surface area contributed by atoms with Crippen molar-refractivity contribution in [2.75, 3.05) is 20.3 Å². The van der Waals surface area contributed by atoms with Crippen molar-refractivity contribution in [3.8, 4) is 0 Å². The Morgan fingerprint density at radius 3 is 2.32 bits per heavy atom. The summed E-state index contributed by atoms with van der Waals surface area (Å²) in [6, 6.07) is 4.88. The molecule has 0 saturated carbocycles. The smallest absolute Gasteiger partial charge is 0.408 e. The van der Waals surface area contributed by atoms with Crippen molar-refractivity contribution < 1.29 is 23.8 Å². The van der Waals surface area contributed by atoms with Crippen LogP contribution < -0.4 is 5.32 Å². The second-order valence-electron chi connectivity index (χ2n) is 8.30. The average Bonchev–Trinajstić information content (AvgIpc) is 2.52. The first-order chi connectivity index (χ1) is 12.9. The third-order valence-corrected chi connectivity index (χ3v) is 4.19. The van der Waals surface area contributed by atoms with Crippen molar-refractivity contribution in [2.45, 2.75) is 65.0 Å². The minimum Gasteiger partial charge on any atom is -0.466 e. The number of alkyl carbamates (subject to hydrolysis) is 1. The number of methoxy groups -OCH3 is 1. The van der Waals surface area contributed by atoms with Gasteiger partial charge in [0.25, 0.3) is 0 Å². The third-order valence-electron chi connectivity index (χ3n) is 3.98. The Balaban J connectivity index is 3.23. The Morgan fingerprint density at radius 2 is 1.79 bits per heavy atom. The van der Waals surface area contributed by atoms with Crippen LogP contribution in [0.3, 0.4) is 0 Å². The van der Waals surface area contributed by atoms with Gasteiger partial charge in [-0.2, -0.15) is 0 Å². The summed E-state index contributed by atoms with van der Waals surface area (Å²) in [5.74, 6) is -0.416. The molecule has 0 aromatic heterocycles. The topological polar surface area (TPSA) is 73.9 Å². The number of esters is 1. The first-order valence-corrected chi connectivity index (χ1v) is 9.71. The zero-order chi connectivity index (χ0) is 21.5. The normalized spacial score (nSPS) is 13.0. The number of hydrogen-bond donors (Lipinski definition) is 1. The molecule has 7 heteroatoms. The van der Waals surface area contributed by atoms with E-state index in [4.69, 9.17) is 25.8 Å². The first-order valence-electron chi connectivity index (χ1n) is 9.33. The van der Waals surface area contributed by atoms with Crippen molar-refractivity contribution in [2.24, 2.45) is 0 Å². The van der Waals surface area contributed by atoms with Gasteiger partial charge >= 0.3 is 12.1 Å². The molecule has 0 aliphatic carbocycles. The number of rotatable bonds is 8. The number of carbonyl (C=O) groups is 2. The van der Waals surface area contributed by atoms with Gasteiger partial charge in [0.15, 0.2) is 0 Å². The van der Waals surface area contributed by atoms with E-state index in [-0.39, 0.29) is 18.4 Å². The van der Waals surface area contributed by atoms with Gasteiger partial charge in [-0.3, -0.25) is 4.79 Å². The van der Waals surface area contributed by atoms with E-state index in [0.29, 0.717) is 17.2 Å². The molecule has 0 bridgehead atoms. The number of benzene rings is 1. The van der Waals surface area contributed by atoms with Crippen LogP contribution in [0.15, 0.2) is 18.2 Å². The molecule has 0 unspecified atom stereocenters. The highest BCUT2D eigenvalue weighted by Crippen LogP contribution is 2.31. The van der Waals surface area contributed by atoms with Crippen LogP contribution in [0, 0.1) is 0 Å². The lowest BCUT2D eigenvalue weighted by molar-refractivity contribution is -0.143. The molecule has 1 atom stereocenters. The largest absolute Gasteiger partial charge is 0.466 e. The van der Waals surface area contributed by atoms with Gasteiger partial charge < -0.3 is 19.5 Å². The summed E-state index contributed by atoms with van der Waals surface area (Å²) in [4.78, 5) is 24.4. The average molecular weight is 414 g/mol. The highest BCUT2D eigenvalue weighted by Gasteiger charge is 2.26. The number of carbonyl (C=O) groups excluding carboxylic acids is 2. The molecule has 28 heavy (non-hydrogen) atoms. The highest BCUT2D eigenvalue weighted by molar-refractivity contribution is 6.30. The fourth-order valence-corrected chi connectivity index (χ4v) is 2.98. The number of amides is 1. The monoisotopic (exact) mass is 413 g/mol. The molecule has 1 aromatic rings. The Morgan fingerprint density at radius 1 is 1.14 bits per heavy atom. The Labute approximate surface area is 172 Å². The van der Waals surface area contributed by atoms with Gasteiger partial charge in [-0.05, 0) is 51.0 Å². The molecule has 1 amide bonds. The highest BCUT2D eigenvalue weighted by atomic mass is 35.5. The number of halogens is 1. The molecule has 1 rings (SSSR count). The Hall–Kier alpha value is -1.79. The predicted molar refractivity (Wildman–Crippen MR) is 110 cm³/mol. The van der Waals surface area contributed by atoms with Crippen LogP contribution in [0.5, 0.6) is 0 Å². The van der Waals surface area contributed by atoms with Crippen molar-refractivity contribution >= 4 is 23.7 Å². The van der Waals surface area contributed by atoms with Crippen LogP contribution in [0.25, 0.3) is 0 Å². The number of nitrogens with one attached hydrogen (secondary N) is 1. The lowest BCUT2D eigenvalue weighted by atomic mass is 9.84. The molecular weight excluding hydrogens is 382 g/mol. The van der Waals surface area contributed by atoms with Crippen LogP contribution in [-0.2, 0) is 24.4 Å². The molecular formula is C21H32ClNO5. The quantitative estimate of drug-likeness (QED) is 0.620. The summed E-state index contributed by atoms with van der Waals surface area (Å²) in [6.07, 6.45) is -0.642. The summed E-state index contributed by atoms with van der Waals surface area (Å²) < 4.78 is 15.7.